The van der Waals surface area contributed by atoms with Crippen LogP contribution in [-0.4, -0.2) is 14.7 Å². The lowest BCUT2D eigenvalue weighted by Crippen LogP contribution is -2.23. The summed E-state index contributed by atoms with van der Waals surface area (Å²) in [5, 5.41) is 14.9. The van der Waals surface area contributed by atoms with Crippen molar-refractivity contribution in [1.29, 1.82) is 0 Å². The number of nitro groups is 1. The van der Waals surface area contributed by atoms with Gasteiger partial charge < -0.3 is 5.73 Å². The van der Waals surface area contributed by atoms with Crippen molar-refractivity contribution in [3.8, 4) is 0 Å². The van der Waals surface area contributed by atoms with Gasteiger partial charge in [0.05, 0.1) is 17.2 Å². The summed E-state index contributed by atoms with van der Waals surface area (Å²) in [4.78, 5) is 21.9. The van der Waals surface area contributed by atoms with Gasteiger partial charge in [0.1, 0.15) is 5.69 Å². The fourth-order valence-corrected chi connectivity index (χ4v) is 1.72. The van der Waals surface area contributed by atoms with Gasteiger partial charge in [-0.1, -0.05) is 12.1 Å². The molecule has 0 aliphatic carbocycles. The highest BCUT2D eigenvalue weighted by molar-refractivity contribution is 5.62. The van der Waals surface area contributed by atoms with Crippen LogP contribution in [0.4, 0.5) is 11.4 Å². The average molecular weight is 260 g/mol. The minimum absolute atomic E-state index is 0.0581. The molecule has 7 nitrogen and oxygen atoms in total. The topological polar surface area (TPSA) is 104 Å². The molecule has 0 unspecified atom stereocenters. The van der Waals surface area contributed by atoms with Gasteiger partial charge in [-0.15, -0.1) is 0 Å². The maximum absolute atomic E-state index is 11.6. The van der Waals surface area contributed by atoms with Gasteiger partial charge in [-0.05, 0) is 13.0 Å². The molecular weight excluding hydrogens is 248 g/mol. The molecule has 0 radical (unpaired) electrons. The number of nitrogens with two attached hydrogens (primary N) is 1. The van der Waals surface area contributed by atoms with E-state index in [1.54, 1.807) is 19.1 Å². The minimum atomic E-state index is -0.550. The van der Waals surface area contributed by atoms with Crippen LogP contribution in [0, 0.1) is 17.0 Å². The molecule has 2 N–H and O–H groups in total. The monoisotopic (exact) mass is 260 g/mol. The molecule has 0 saturated heterocycles. The van der Waals surface area contributed by atoms with E-state index in [0.717, 1.165) is 0 Å². The van der Waals surface area contributed by atoms with E-state index in [9.17, 15) is 14.9 Å². The summed E-state index contributed by atoms with van der Waals surface area (Å²) in [6.07, 6.45) is 0. The van der Waals surface area contributed by atoms with E-state index in [2.05, 4.69) is 5.10 Å². The summed E-state index contributed by atoms with van der Waals surface area (Å²) < 4.78 is 1.23. The van der Waals surface area contributed by atoms with Crippen LogP contribution < -0.4 is 11.3 Å². The van der Waals surface area contributed by atoms with Crippen molar-refractivity contribution in [2.75, 3.05) is 5.73 Å². The number of nitro benzene ring substituents is 1. The van der Waals surface area contributed by atoms with Crippen molar-refractivity contribution < 1.29 is 4.92 Å². The van der Waals surface area contributed by atoms with Gasteiger partial charge in [0, 0.05) is 17.7 Å². The largest absolute Gasteiger partial charge is 0.393 e. The Bertz CT molecular complexity index is 694. The average Bonchev–Trinajstić information content (AvgIpc) is 2.36. The van der Waals surface area contributed by atoms with E-state index in [4.69, 9.17) is 5.73 Å². The van der Waals surface area contributed by atoms with Crippen molar-refractivity contribution in [3.63, 3.8) is 0 Å². The Kier molecular flexibility index (Phi) is 3.28. The van der Waals surface area contributed by atoms with Gasteiger partial charge in [-0.2, -0.15) is 5.10 Å². The Morgan fingerprint density at radius 1 is 1.37 bits per heavy atom. The number of benzene rings is 1. The Labute approximate surface area is 108 Å². The normalized spacial score (nSPS) is 10.4. The van der Waals surface area contributed by atoms with E-state index in [0.29, 0.717) is 11.3 Å². The molecule has 0 aliphatic rings. The summed E-state index contributed by atoms with van der Waals surface area (Å²) in [6, 6.07) is 7.50. The molecular formula is C12H12N4O3. The number of hydrogen-bond acceptors (Lipinski definition) is 5. The summed E-state index contributed by atoms with van der Waals surface area (Å²) in [6.45, 7) is 1.86. The van der Waals surface area contributed by atoms with Crippen molar-refractivity contribution >= 4 is 11.4 Å². The van der Waals surface area contributed by atoms with Crippen molar-refractivity contribution in [2.24, 2.45) is 0 Å². The summed E-state index contributed by atoms with van der Waals surface area (Å²) in [5.41, 5.74) is 6.52. The lowest BCUT2D eigenvalue weighted by Gasteiger charge is -2.08. The molecule has 0 atom stereocenters. The number of aryl methyl sites for hydroxylation is 1. The predicted octanol–water partition coefficient (Wildman–Crippen LogP) is 1.09. The number of aromatic nitrogens is 2. The van der Waals surface area contributed by atoms with Crippen LogP contribution in [0.2, 0.25) is 0 Å². The smallest absolute Gasteiger partial charge is 0.292 e. The van der Waals surface area contributed by atoms with Crippen LogP contribution in [0.15, 0.2) is 35.1 Å². The molecule has 2 aromatic rings. The molecule has 0 bridgehead atoms. The van der Waals surface area contributed by atoms with Crippen LogP contribution in [0.25, 0.3) is 0 Å². The lowest BCUT2D eigenvalue weighted by atomic mass is 10.1. The highest BCUT2D eigenvalue weighted by atomic mass is 16.6. The second kappa shape index (κ2) is 4.89. The van der Waals surface area contributed by atoms with Crippen LogP contribution in [0.1, 0.15) is 11.3 Å². The zero-order chi connectivity index (χ0) is 14.0. The molecule has 0 fully saturated rings. The lowest BCUT2D eigenvalue weighted by molar-refractivity contribution is -0.383. The molecule has 1 aromatic heterocycles. The number of para-hydroxylation sites is 1. The SMILES string of the molecule is Cc1ccc(=O)n(Cc2cccc([N+](=O)[O-])c2N)n1. The first-order chi connectivity index (χ1) is 8.99. The van der Waals surface area contributed by atoms with Crippen LogP contribution >= 0.6 is 0 Å². The van der Waals surface area contributed by atoms with Gasteiger partial charge in [0.25, 0.3) is 11.2 Å². The molecule has 1 aromatic carbocycles. The van der Waals surface area contributed by atoms with Gasteiger partial charge in [0.2, 0.25) is 0 Å². The number of hydrogen-bond donors (Lipinski definition) is 1. The Balaban J connectivity index is 2.44. The van der Waals surface area contributed by atoms with Gasteiger partial charge in [0.15, 0.2) is 0 Å². The quantitative estimate of drug-likeness (QED) is 0.505. The zero-order valence-electron chi connectivity index (χ0n) is 10.2. The summed E-state index contributed by atoms with van der Waals surface area (Å²) in [7, 11) is 0. The first kappa shape index (κ1) is 12.7. The summed E-state index contributed by atoms with van der Waals surface area (Å²) in [5.74, 6) is 0. The van der Waals surface area contributed by atoms with Crippen LogP contribution in [-0.2, 0) is 6.54 Å². The molecule has 98 valence electrons. The Morgan fingerprint density at radius 3 is 2.79 bits per heavy atom. The number of rotatable bonds is 3. The van der Waals surface area contributed by atoms with Gasteiger partial charge >= 0.3 is 0 Å². The maximum atomic E-state index is 11.6. The fourth-order valence-electron chi connectivity index (χ4n) is 1.72. The maximum Gasteiger partial charge on any atom is 0.292 e. The van der Waals surface area contributed by atoms with Crippen molar-refractivity contribution in [2.45, 2.75) is 13.5 Å². The number of nitrogens with zero attached hydrogens (tertiary/aromatic N) is 3. The van der Waals surface area contributed by atoms with E-state index >= 15 is 0 Å². The third-order valence-electron chi connectivity index (χ3n) is 2.69. The van der Waals surface area contributed by atoms with Crippen molar-refractivity contribution in [3.05, 3.63) is 62.1 Å². The highest BCUT2D eigenvalue weighted by Gasteiger charge is 2.14. The van der Waals surface area contributed by atoms with E-state index in [1.165, 1.54) is 22.9 Å². The van der Waals surface area contributed by atoms with Gasteiger partial charge in [-0.3, -0.25) is 14.9 Å². The molecule has 7 heteroatoms. The first-order valence-electron chi connectivity index (χ1n) is 5.55. The highest BCUT2D eigenvalue weighted by Crippen LogP contribution is 2.24. The molecule has 2 rings (SSSR count). The Hall–Kier alpha value is -2.70. The molecule has 1 heterocycles. The zero-order valence-corrected chi connectivity index (χ0v) is 10.2. The molecule has 0 amide bonds. The third-order valence-corrected chi connectivity index (χ3v) is 2.69. The molecule has 0 spiro atoms. The minimum Gasteiger partial charge on any atom is -0.393 e. The molecule has 0 saturated carbocycles. The Morgan fingerprint density at radius 2 is 2.11 bits per heavy atom. The molecule has 19 heavy (non-hydrogen) atoms. The van der Waals surface area contributed by atoms with E-state index < -0.39 is 4.92 Å². The standard InChI is InChI=1S/C12H12N4O3/c1-8-5-6-11(17)15(14-8)7-9-3-2-4-10(12(9)13)16(18)19/h2-6H,7,13H2,1H3. The van der Waals surface area contributed by atoms with E-state index in [-0.39, 0.29) is 23.5 Å². The first-order valence-corrected chi connectivity index (χ1v) is 5.55. The second-order valence-corrected chi connectivity index (χ2v) is 4.08. The van der Waals surface area contributed by atoms with Crippen LogP contribution in [0.5, 0.6) is 0 Å². The number of nitrogen functional groups attached to an aromatic ring is 1. The second-order valence-electron chi connectivity index (χ2n) is 4.08. The third kappa shape index (κ3) is 2.59. The molecule has 0 aliphatic heterocycles. The summed E-state index contributed by atoms with van der Waals surface area (Å²) >= 11 is 0. The van der Waals surface area contributed by atoms with Crippen molar-refractivity contribution in [1.82, 2.24) is 9.78 Å². The van der Waals surface area contributed by atoms with Gasteiger partial charge in [-0.25, -0.2) is 4.68 Å². The number of anilines is 1. The predicted molar refractivity (Wildman–Crippen MR) is 69.8 cm³/mol. The van der Waals surface area contributed by atoms with Crippen LogP contribution in [0.3, 0.4) is 0 Å². The fraction of sp³-hybridized carbons (Fsp3) is 0.167. The van der Waals surface area contributed by atoms with E-state index in [1.807, 2.05) is 0 Å².